The van der Waals surface area contributed by atoms with Gasteiger partial charge in [-0.05, 0) is 71.8 Å². The van der Waals surface area contributed by atoms with Crippen LogP contribution in [0.1, 0.15) is 36.5 Å². The van der Waals surface area contributed by atoms with Gasteiger partial charge in [0.1, 0.15) is 11.5 Å². The van der Waals surface area contributed by atoms with E-state index in [4.69, 9.17) is 14.2 Å². The standard InChI is InChI=1S/C24H24O3/c1-3-18-4-9-21(10-5-18)27-22-11-6-19(7-12-22)14-17(2)20-8-13-23-24(15-20)26-16-25-23/h4-13,15,17H,3,14,16H2,1-2H3. The lowest BCUT2D eigenvalue weighted by Crippen LogP contribution is -1.98. The van der Waals surface area contributed by atoms with Crippen LogP contribution in [0.3, 0.4) is 0 Å². The molecule has 0 spiro atoms. The van der Waals surface area contributed by atoms with Gasteiger partial charge in [0, 0.05) is 0 Å². The predicted octanol–water partition coefficient (Wildman–Crippen LogP) is 6.12. The molecule has 0 fully saturated rings. The molecule has 3 aromatic rings. The van der Waals surface area contributed by atoms with Crippen LogP contribution in [0.2, 0.25) is 0 Å². The molecule has 1 aliphatic heterocycles. The number of hydrogen-bond acceptors (Lipinski definition) is 3. The Balaban J connectivity index is 1.39. The summed E-state index contributed by atoms with van der Waals surface area (Å²) in [5, 5.41) is 0. The van der Waals surface area contributed by atoms with E-state index in [1.165, 1.54) is 16.7 Å². The van der Waals surface area contributed by atoms with Crippen LogP contribution in [0, 0.1) is 0 Å². The average Bonchev–Trinajstić information content (AvgIpc) is 3.18. The molecule has 0 saturated heterocycles. The predicted molar refractivity (Wildman–Crippen MR) is 107 cm³/mol. The second-order valence-corrected chi connectivity index (χ2v) is 6.96. The Kier molecular flexibility index (Phi) is 5.01. The number of fused-ring (bicyclic) bond motifs is 1. The van der Waals surface area contributed by atoms with Gasteiger partial charge in [-0.2, -0.15) is 0 Å². The molecular formula is C24H24O3. The molecule has 0 aromatic heterocycles. The Bertz CT molecular complexity index is 898. The summed E-state index contributed by atoms with van der Waals surface area (Å²) in [6.45, 7) is 4.70. The molecule has 0 N–H and O–H groups in total. The zero-order chi connectivity index (χ0) is 18.6. The highest BCUT2D eigenvalue weighted by molar-refractivity contribution is 5.45. The van der Waals surface area contributed by atoms with Gasteiger partial charge in [-0.3, -0.25) is 0 Å². The normalized spacial score (nSPS) is 13.4. The van der Waals surface area contributed by atoms with Gasteiger partial charge in [-0.25, -0.2) is 0 Å². The van der Waals surface area contributed by atoms with Gasteiger partial charge in [0.05, 0.1) is 0 Å². The monoisotopic (exact) mass is 360 g/mol. The van der Waals surface area contributed by atoms with Gasteiger partial charge < -0.3 is 14.2 Å². The Morgan fingerprint density at radius 3 is 2.11 bits per heavy atom. The largest absolute Gasteiger partial charge is 0.457 e. The molecular weight excluding hydrogens is 336 g/mol. The third kappa shape index (κ3) is 4.08. The maximum Gasteiger partial charge on any atom is 0.231 e. The summed E-state index contributed by atoms with van der Waals surface area (Å²) in [5.74, 6) is 3.80. The topological polar surface area (TPSA) is 27.7 Å². The molecule has 3 aromatic carbocycles. The van der Waals surface area contributed by atoms with Gasteiger partial charge in [-0.1, -0.05) is 44.2 Å². The van der Waals surface area contributed by atoms with Crippen LogP contribution >= 0.6 is 0 Å². The van der Waals surface area contributed by atoms with Crippen molar-refractivity contribution < 1.29 is 14.2 Å². The van der Waals surface area contributed by atoms with Gasteiger partial charge >= 0.3 is 0 Å². The first kappa shape index (κ1) is 17.5. The SMILES string of the molecule is CCc1ccc(Oc2ccc(CC(C)c3ccc4c(c3)OCO4)cc2)cc1. The van der Waals surface area contributed by atoms with Crippen molar-refractivity contribution in [1.82, 2.24) is 0 Å². The molecule has 0 aliphatic carbocycles. The van der Waals surface area contributed by atoms with E-state index in [2.05, 4.69) is 50.2 Å². The van der Waals surface area contributed by atoms with E-state index >= 15 is 0 Å². The van der Waals surface area contributed by atoms with Crippen molar-refractivity contribution in [2.75, 3.05) is 6.79 Å². The van der Waals surface area contributed by atoms with Gasteiger partial charge in [-0.15, -0.1) is 0 Å². The van der Waals surface area contributed by atoms with Crippen LogP contribution in [0.25, 0.3) is 0 Å². The maximum absolute atomic E-state index is 5.94. The Labute approximate surface area is 160 Å². The lowest BCUT2D eigenvalue weighted by molar-refractivity contribution is 0.174. The number of ether oxygens (including phenoxy) is 3. The molecule has 138 valence electrons. The van der Waals surface area contributed by atoms with E-state index < -0.39 is 0 Å². The van der Waals surface area contributed by atoms with Crippen LogP contribution in [0.5, 0.6) is 23.0 Å². The summed E-state index contributed by atoms with van der Waals surface area (Å²) >= 11 is 0. The van der Waals surface area contributed by atoms with Gasteiger partial charge in [0.25, 0.3) is 0 Å². The zero-order valence-electron chi connectivity index (χ0n) is 15.8. The fraction of sp³-hybridized carbons (Fsp3) is 0.250. The van der Waals surface area contributed by atoms with E-state index in [0.717, 1.165) is 35.8 Å². The van der Waals surface area contributed by atoms with E-state index in [0.29, 0.717) is 12.7 Å². The summed E-state index contributed by atoms with van der Waals surface area (Å²) in [6.07, 6.45) is 2.00. The summed E-state index contributed by atoms with van der Waals surface area (Å²) in [5.41, 5.74) is 3.86. The second kappa shape index (κ2) is 7.75. The first-order valence-corrected chi connectivity index (χ1v) is 9.46. The minimum atomic E-state index is 0.315. The van der Waals surface area contributed by atoms with Crippen molar-refractivity contribution in [3.05, 3.63) is 83.4 Å². The summed E-state index contributed by atoms with van der Waals surface area (Å²) in [6, 6.07) is 22.8. The molecule has 3 nitrogen and oxygen atoms in total. The van der Waals surface area contributed by atoms with Gasteiger partial charge in [0.2, 0.25) is 6.79 Å². The van der Waals surface area contributed by atoms with E-state index in [1.807, 2.05) is 30.3 Å². The Morgan fingerprint density at radius 1 is 0.815 bits per heavy atom. The molecule has 0 amide bonds. The Morgan fingerprint density at radius 2 is 1.44 bits per heavy atom. The maximum atomic E-state index is 5.94. The van der Waals surface area contributed by atoms with Crippen molar-refractivity contribution in [3.63, 3.8) is 0 Å². The molecule has 4 rings (SSSR count). The van der Waals surface area contributed by atoms with Crippen molar-refractivity contribution in [1.29, 1.82) is 0 Å². The molecule has 1 heterocycles. The van der Waals surface area contributed by atoms with Crippen molar-refractivity contribution in [2.45, 2.75) is 32.6 Å². The fourth-order valence-corrected chi connectivity index (χ4v) is 3.31. The molecule has 1 unspecified atom stereocenters. The smallest absolute Gasteiger partial charge is 0.231 e. The highest BCUT2D eigenvalue weighted by Crippen LogP contribution is 2.35. The number of hydrogen-bond donors (Lipinski definition) is 0. The van der Waals surface area contributed by atoms with Crippen LogP contribution in [-0.2, 0) is 12.8 Å². The number of aryl methyl sites for hydroxylation is 1. The van der Waals surface area contributed by atoms with Crippen LogP contribution in [0.15, 0.2) is 66.7 Å². The second-order valence-electron chi connectivity index (χ2n) is 6.96. The minimum Gasteiger partial charge on any atom is -0.457 e. The highest BCUT2D eigenvalue weighted by Gasteiger charge is 2.16. The third-order valence-corrected chi connectivity index (χ3v) is 5.00. The molecule has 27 heavy (non-hydrogen) atoms. The van der Waals surface area contributed by atoms with Crippen LogP contribution in [0.4, 0.5) is 0 Å². The van der Waals surface area contributed by atoms with Crippen molar-refractivity contribution in [3.8, 4) is 23.0 Å². The zero-order valence-corrected chi connectivity index (χ0v) is 15.8. The average molecular weight is 360 g/mol. The Hall–Kier alpha value is -2.94. The minimum absolute atomic E-state index is 0.315. The summed E-state index contributed by atoms with van der Waals surface area (Å²) in [4.78, 5) is 0. The van der Waals surface area contributed by atoms with E-state index in [1.54, 1.807) is 0 Å². The lowest BCUT2D eigenvalue weighted by Gasteiger charge is -2.13. The summed E-state index contributed by atoms with van der Waals surface area (Å²) < 4.78 is 16.8. The van der Waals surface area contributed by atoms with Crippen molar-refractivity contribution >= 4 is 0 Å². The first-order valence-electron chi connectivity index (χ1n) is 9.46. The first-order chi connectivity index (χ1) is 13.2. The highest BCUT2D eigenvalue weighted by atomic mass is 16.7. The molecule has 0 radical (unpaired) electrons. The molecule has 3 heteroatoms. The quantitative estimate of drug-likeness (QED) is 0.530. The number of rotatable bonds is 6. The molecule has 0 bridgehead atoms. The molecule has 1 atom stereocenters. The molecule has 1 aliphatic rings. The van der Waals surface area contributed by atoms with Crippen LogP contribution < -0.4 is 14.2 Å². The third-order valence-electron chi connectivity index (χ3n) is 5.00. The lowest BCUT2D eigenvalue weighted by atomic mass is 9.93. The van der Waals surface area contributed by atoms with E-state index in [-0.39, 0.29) is 0 Å². The molecule has 0 saturated carbocycles. The summed E-state index contributed by atoms with van der Waals surface area (Å²) in [7, 11) is 0. The van der Waals surface area contributed by atoms with E-state index in [9.17, 15) is 0 Å². The fourth-order valence-electron chi connectivity index (χ4n) is 3.31. The van der Waals surface area contributed by atoms with Crippen molar-refractivity contribution in [2.24, 2.45) is 0 Å². The van der Waals surface area contributed by atoms with Gasteiger partial charge in [0.15, 0.2) is 11.5 Å². The number of benzene rings is 3. The van der Waals surface area contributed by atoms with Crippen LogP contribution in [-0.4, -0.2) is 6.79 Å².